The monoisotopic (exact) mass is 296 g/mol. The van der Waals surface area contributed by atoms with Gasteiger partial charge < -0.3 is 9.47 Å². The highest BCUT2D eigenvalue weighted by atomic mass is 16.5. The Morgan fingerprint density at radius 1 is 1.05 bits per heavy atom. The van der Waals surface area contributed by atoms with Crippen LogP contribution in [0.5, 0.6) is 11.5 Å². The van der Waals surface area contributed by atoms with Gasteiger partial charge in [0.05, 0.1) is 19.9 Å². The molecule has 3 rings (SSSR count). The molecule has 0 atom stereocenters. The molecule has 22 heavy (non-hydrogen) atoms. The molecule has 6 heteroatoms. The number of benzene rings is 1. The lowest BCUT2D eigenvalue weighted by molar-refractivity contribution is 0.404. The first-order valence-electron chi connectivity index (χ1n) is 6.80. The molecule has 0 fully saturated rings. The molecular weight excluding hydrogens is 280 g/mol. The lowest BCUT2D eigenvalue weighted by Gasteiger charge is -2.05. The number of ether oxygens (including phenoxy) is 2. The molecule has 0 bridgehead atoms. The summed E-state index contributed by atoms with van der Waals surface area (Å²) in [5.41, 5.74) is 2.26. The Hall–Kier alpha value is -2.89. The molecule has 0 N–H and O–H groups in total. The van der Waals surface area contributed by atoms with E-state index in [0.29, 0.717) is 23.0 Å². The number of methoxy groups -OCH3 is 2. The quantitative estimate of drug-likeness (QED) is 0.682. The van der Waals surface area contributed by atoms with Crippen LogP contribution in [0.2, 0.25) is 0 Å². The van der Waals surface area contributed by atoms with Crippen molar-refractivity contribution in [2.24, 2.45) is 10.2 Å². The molecule has 3 aromatic rings. The van der Waals surface area contributed by atoms with Gasteiger partial charge in [-0.1, -0.05) is 6.07 Å². The van der Waals surface area contributed by atoms with E-state index >= 15 is 0 Å². The number of rotatable bonds is 4. The Kier molecular flexibility index (Phi) is 3.74. The molecule has 0 aliphatic carbocycles. The molecule has 2 aromatic heterocycles. The summed E-state index contributed by atoms with van der Waals surface area (Å²) in [5, 5.41) is 8.64. The summed E-state index contributed by atoms with van der Waals surface area (Å²) in [6.07, 6.45) is 1.91. The topological polar surface area (TPSA) is 60.5 Å². The first kappa shape index (κ1) is 14.1. The summed E-state index contributed by atoms with van der Waals surface area (Å²) in [6.45, 7) is 1.91. The minimum atomic E-state index is 0.604. The van der Waals surface area contributed by atoms with Gasteiger partial charge in [0, 0.05) is 12.3 Å². The van der Waals surface area contributed by atoms with Gasteiger partial charge in [-0.25, -0.2) is 4.98 Å². The highest BCUT2D eigenvalue weighted by Crippen LogP contribution is 2.33. The Morgan fingerprint density at radius 2 is 1.91 bits per heavy atom. The molecule has 1 aromatic carbocycles. The third-order valence-corrected chi connectivity index (χ3v) is 3.31. The standard InChI is InChI=1S/C16H16N4O2/c1-11-16(20-9-5-4-6-15(20)17-11)19-18-13-10-12(21-2)7-8-14(13)22-3/h4-10H,1-3H3. The largest absolute Gasteiger partial charge is 0.497 e. The molecule has 0 saturated heterocycles. The lowest BCUT2D eigenvalue weighted by Crippen LogP contribution is -1.86. The van der Waals surface area contributed by atoms with Crippen LogP contribution in [0.1, 0.15) is 5.69 Å². The van der Waals surface area contributed by atoms with Gasteiger partial charge in [0.15, 0.2) is 5.82 Å². The van der Waals surface area contributed by atoms with Crippen LogP contribution in [0.3, 0.4) is 0 Å². The maximum absolute atomic E-state index is 5.30. The number of fused-ring (bicyclic) bond motifs is 1. The smallest absolute Gasteiger partial charge is 0.182 e. The van der Waals surface area contributed by atoms with Crippen LogP contribution in [-0.2, 0) is 0 Å². The van der Waals surface area contributed by atoms with Crippen LogP contribution in [-0.4, -0.2) is 23.6 Å². The van der Waals surface area contributed by atoms with Gasteiger partial charge in [0.25, 0.3) is 0 Å². The first-order chi connectivity index (χ1) is 10.7. The molecule has 112 valence electrons. The number of pyridine rings is 1. The fraction of sp³-hybridized carbons (Fsp3) is 0.188. The zero-order chi connectivity index (χ0) is 15.5. The summed E-state index contributed by atoms with van der Waals surface area (Å²) in [5.74, 6) is 2.03. The van der Waals surface area contributed by atoms with E-state index in [2.05, 4.69) is 15.2 Å². The molecule has 0 radical (unpaired) electrons. The molecule has 0 unspecified atom stereocenters. The SMILES string of the molecule is COc1ccc(OC)c(N=Nc2c(C)nc3ccccn23)c1. The third-order valence-electron chi connectivity index (χ3n) is 3.31. The number of hydrogen-bond donors (Lipinski definition) is 0. The highest BCUT2D eigenvalue weighted by molar-refractivity contribution is 5.56. The van der Waals surface area contributed by atoms with Crippen LogP contribution >= 0.6 is 0 Å². The van der Waals surface area contributed by atoms with Gasteiger partial charge in [0.2, 0.25) is 0 Å². The van der Waals surface area contributed by atoms with E-state index in [0.717, 1.165) is 11.3 Å². The Morgan fingerprint density at radius 3 is 2.68 bits per heavy atom. The molecular formula is C16H16N4O2. The molecule has 0 amide bonds. The van der Waals surface area contributed by atoms with Gasteiger partial charge in [-0.15, -0.1) is 10.2 Å². The van der Waals surface area contributed by atoms with Crippen molar-refractivity contribution >= 4 is 17.2 Å². The summed E-state index contributed by atoms with van der Waals surface area (Å²) in [4.78, 5) is 4.45. The second-order valence-electron chi connectivity index (χ2n) is 4.69. The van der Waals surface area contributed by atoms with Crippen LogP contribution in [0, 0.1) is 6.92 Å². The van der Waals surface area contributed by atoms with Crippen LogP contribution in [0.4, 0.5) is 11.5 Å². The lowest BCUT2D eigenvalue weighted by atomic mass is 10.3. The van der Waals surface area contributed by atoms with E-state index in [9.17, 15) is 0 Å². The average molecular weight is 296 g/mol. The molecule has 0 aliphatic heterocycles. The number of nitrogens with zero attached hydrogens (tertiary/aromatic N) is 4. The molecule has 0 spiro atoms. The zero-order valence-corrected chi connectivity index (χ0v) is 12.6. The van der Waals surface area contributed by atoms with E-state index in [1.807, 2.05) is 41.8 Å². The fourth-order valence-corrected chi connectivity index (χ4v) is 2.20. The Bertz CT molecular complexity index is 839. The van der Waals surface area contributed by atoms with Gasteiger partial charge in [0.1, 0.15) is 22.8 Å². The van der Waals surface area contributed by atoms with Crippen molar-refractivity contribution in [2.45, 2.75) is 6.92 Å². The van der Waals surface area contributed by atoms with Gasteiger partial charge in [-0.05, 0) is 31.2 Å². The van der Waals surface area contributed by atoms with Crippen molar-refractivity contribution in [1.29, 1.82) is 0 Å². The van der Waals surface area contributed by atoms with Crippen molar-refractivity contribution in [2.75, 3.05) is 14.2 Å². The second kappa shape index (κ2) is 5.85. The third kappa shape index (κ3) is 2.50. The molecule has 0 saturated carbocycles. The van der Waals surface area contributed by atoms with Gasteiger partial charge in [-0.3, -0.25) is 4.40 Å². The molecule has 2 heterocycles. The van der Waals surface area contributed by atoms with Crippen molar-refractivity contribution < 1.29 is 9.47 Å². The predicted molar refractivity (Wildman–Crippen MR) is 83.7 cm³/mol. The summed E-state index contributed by atoms with van der Waals surface area (Å²) < 4.78 is 12.4. The van der Waals surface area contributed by atoms with Crippen molar-refractivity contribution in [3.63, 3.8) is 0 Å². The van der Waals surface area contributed by atoms with Gasteiger partial charge >= 0.3 is 0 Å². The predicted octanol–water partition coefficient (Wildman–Crippen LogP) is 4.08. The Balaban J connectivity index is 2.04. The second-order valence-corrected chi connectivity index (χ2v) is 4.69. The van der Waals surface area contributed by atoms with Crippen molar-refractivity contribution in [3.8, 4) is 11.5 Å². The minimum absolute atomic E-state index is 0.604. The van der Waals surface area contributed by atoms with E-state index in [1.54, 1.807) is 26.4 Å². The van der Waals surface area contributed by atoms with Crippen LogP contribution in [0.25, 0.3) is 5.65 Å². The van der Waals surface area contributed by atoms with E-state index in [1.165, 1.54) is 0 Å². The number of aryl methyl sites for hydroxylation is 1. The van der Waals surface area contributed by atoms with E-state index in [-0.39, 0.29) is 0 Å². The fourth-order valence-electron chi connectivity index (χ4n) is 2.20. The van der Waals surface area contributed by atoms with Crippen molar-refractivity contribution in [1.82, 2.24) is 9.38 Å². The summed E-state index contributed by atoms with van der Waals surface area (Å²) in [6, 6.07) is 11.2. The summed E-state index contributed by atoms with van der Waals surface area (Å²) >= 11 is 0. The zero-order valence-electron chi connectivity index (χ0n) is 12.6. The number of imidazole rings is 1. The summed E-state index contributed by atoms with van der Waals surface area (Å²) in [7, 11) is 3.21. The first-order valence-corrected chi connectivity index (χ1v) is 6.80. The number of aromatic nitrogens is 2. The molecule has 6 nitrogen and oxygen atoms in total. The maximum Gasteiger partial charge on any atom is 0.182 e. The number of hydrogen-bond acceptors (Lipinski definition) is 5. The minimum Gasteiger partial charge on any atom is -0.497 e. The van der Waals surface area contributed by atoms with E-state index < -0.39 is 0 Å². The van der Waals surface area contributed by atoms with E-state index in [4.69, 9.17) is 9.47 Å². The maximum atomic E-state index is 5.30. The van der Waals surface area contributed by atoms with Crippen LogP contribution < -0.4 is 9.47 Å². The van der Waals surface area contributed by atoms with Crippen LogP contribution in [0.15, 0.2) is 52.8 Å². The Labute approximate surface area is 128 Å². The highest BCUT2D eigenvalue weighted by Gasteiger charge is 2.08. The van der Waals surface area contributed by atoms with Gasteiger partial charge in [-0.2, -0.15) is 0 Å². The number of azo groups is 1. The van der Waals surface area contributed by atoms with Crippen molar-refractivity contribution in [3.05, 3.63) is 48.3 Å². The normalized spacial score (nSPS) is 11.2. The molecule has 0 aliphatic rings. The average Bonchev–Trinajstić information content (AvgIpc) is 2.87.